The molecule has 11 nitrogen and oxygen atoms in total. The molecular weight excluding hydrogens is 627 g/mol. The third-order valence-corrected chi connectivity index (χ3v) is 11.1. The molecule has 6 rings (SSSR count). The maximum Gasteiger partial charge on any atom is 0.308 e. The lowest BCUT2D eigenvalue weighted by Gasteiger charge is -2.31. The van der Waals surface area contributed by atoms with Gasteiger partial charge >= 0.3 is 4.87 Å². The zero-order valence-electron chi connectivity index (χ0n) is 25.3. The summed E-state index contributed by atoms with van der Waals surface area (Å²) >= 11 is 2.11. The van der Waals surface area contributed by atoms with E-state index in [1.807, 2.05) is 49.4 Å². The van der Waals surface area contributed by atoms with Crippen molar-refractivity contribution >= 4 is 63.6 Å². The van der Waals surface area contributed by atoms with Gasteiger partial charge in [-0.05, 0) is 62.2 Å². The molecule has 1 fully saturated rings. The zero-order valence-corrected chi connectivity index (χ0v) is 27.0. The molecular formula is C33H31N5O6S2. The summed E-state index contributed by atoms with van der Waals surface area (Å²) < 4.78 is 1.39. The average Bonchev–Trinajstić information content (AvgIpc) is 3.49. The van der Waals surface area contributed by atoms with Crippen molar-refractivity contribution in [2.75, 3.05) is 28.2 Å². The van der Waals surface area contributed by atoms with E-state index >= 15 is 0 Å². The Morgan fingerprint density at radius 1 is 0.957 bits per heavy atom. The van der Waals surface area contributed by atoms with Crippen LogP contribution in [0.4, 0.5) is 22.7 Å². The molecule has 1 saturated heterocycles. The highest BCUT2D eigenvalue weighted by molar-refractivity contribution is 8.00. The second-order valence-corrected chi connectivity index (χ2v) is 13.2. The van der Waals surface area contributed by atoms with Gasteiger partial charge in [0.2, 0.25) is 17.7 Å². The normalized spacial score (nSPS) is 18.7. The van der Waals surface area contributed by atoms with Crippen LogP contribution in [0.2, 0.25) is 0 Å². The number of nitro groups is 1. The lowest BCUT2D eigenvalue weighted by molar-refractivity contribution is -0.384. The molecule has 13 heteroatoms. The number of nitrogens with zero attached hydrogens (tertiary/aromatic N) is 4. The minimum atomic E-state index is -0.873. The van der Waals surface area contributed by atoms with E-state index in [0.29, 0.717) is 15.6 Å². The van der Waals surface area contributed by atoms with Crippen LogP contribution < -0.4 is 20.0 Å². The van der Waals surface area contributed by atoms with E-state index in [0.717, 1.165) is 57.9 Å². The molecule has 3 heterocycles. The number of imide groups is 1. The number of non-ortho nitro benzene ring substituents is 1. The average molecular weight is 658 g/mol. The number of anilines is 3. The van der Waals surface area contributed by atoms with Crippen molar-refractivity contribution in [3.8, 4) is 0 Å². The van der Waals surface area contributed by atoms with Gasteiger partial charge in [-0.3, -0.25) is 33.9 Å². The first-order valence-corrected chi connectivity index (χ1v) is 16.5. The van der Waals surface area contributed by atoms with Crippen LogP contribution >= 0.6 is 23.1 Å². The van der Waals surface area contributed by atoms with Gasteiger partial charge < -0.3 is 10.2 Å². The van der Waals surface area contributed by atoms with Crippen LogP contribution in [0.25, 0.3) is 0 Å². The Bertz CT molecular complexity index is 1900. The summed E-state index contributed by atoms with van der Waals surface area (Å²) in [4.78, 5) is 69.0. The first kappa shape index (κ1) is 31.2. The van der Waals surface area contributed by atoms with Crippen molar-refractivity contribution in [3.63, 3.8) is 0 Å². The molecule has 3 aromatic carbocycles. The Labute approximate surface area is 273 Å². The molecule has 0 bridgehead atoms. The quantitative estimate of drug-likeness (QED) is 0.144. The Kier molecular flexibility index (Phi) is 8.53. The van der Waals surface area contributed by atoms with Gasteiger partial charge in [-0.1, -0.05) is 53.4 Å². The first-order chi connectivity index (χ1) is 22.1. The number of carbonyl (C=O) groups excluding carboxylic acids is 3. The summed E-state index contributed by atoms with van der Waals surface area (Å²) in [5.74, 6) is -2.75. The third-order valence-electron chi connectivity index (χ3n) is 8.47. The van der Waals surface area contributed by atoms with Gasteiger partial charge in [-0.2, -0.15) is 0 Å². The molecule has 0 saturated carbocycles. The second kappa shape index (κ2) is 12.6. The van der Waals surface area contributed by atoms with E-state index in [2.05, 4.69) is 24.1 Å². The zero-order chi connectivity index (χ0) is 32.7. The Balaban J connectivity index is 1.41. The predicted octanol–water partition coefficient (Wildman–Crippen LogP) is 5.41. The number of hydrogen-bond donors (Lipinski definition) is 1. The number of thioether (sulfide) groups is 1. The first-order valence-electron chi connectivity index (χ1n) is 14.9. The van der Waals surface area contributed by atoms with E-state index in [9.17, 15) is 29.3 Å². The summed E-state index contributed by atoms with van der Waals surface area (Å²) in [6.45, 7) is 7.38. The van der Waals surface area contributed by atoms with Crippen LogP contribution in [0, 0.1) is 23.0 Å². The largest absolute Gasteiger partial charge is 0.372 e. The van der Waals surface area contributed by atoms with E-state index in [1.54, 1.807) is 6.07 Å². The minimum absolute atomic E-state index is 0.157. The summed E-state index contributed by atoms with van der Waals surface area (Å²) in [7, 11) is 0. The molecule has 236 valence electrons. The Hall–Kier alpha value is -4.75. The summed E-state index contributed by atoms with van der Waals surface area (Å²) in [6, 6.07) is 20.5. The molecule has 0 spiro atoms. The molecule has 1 aromatic heterocycles. The maximum absolute atomic E-state index is 14.1. The summed E-state index contributed by atoms with van der Waals surface area (Å²) in [5, 5.41) is 13.7. The standard InChI is InChI=1S/C33H31N5O6S2/c1-4-35(5-2)21-12-10-20(11-13-21)26-27-28(31(41)37(30(27)40)22-14-16-23(17-15-22)38(43)44)45-32-29(26)46-33(42)36(32)18-25(39)34-24-9-7-6-8-19(24)3/h6-17,26-28H,4-5,18H2,1-3H3,(H,34,39)/t26-,27?,28?/m1/s1. The number of amides is 3. The van der Waals surface area contributed by atoms with Gasteiger partial charge in [-0.25, -0.2) is 4.90 Å². The minimum Gasteiger partial charge on any atom is -0.372 e. The number of nitro benzene ring substituents is 1. The van der Waals surface area contributed by atoms with E-state index < -0.39 is 33.8 Å². The van der Waals surface area contributed by atoms with E-state index in [1.165, 1.54) is 28.8 Å². The van der Waals surface area contributed by atoms with Crippen LogP contribution in [-0.2, 0) is 20.9 Å². The summed E-state index contributed by atoms with van der Waals surface area (Å²) in [6.07, 6.45) is 0. The molecule has 2 unspecified atom stereocenters. The van der Waals surface area contributed by atoms with Crippen molar-refractivity contribution in [1.29, 1.82) is 0 Å². The maximum atomic E-state index is 14.1. The lowest BCUT2D eigenvalue weighted by Crippen LogP contribution is -2.33. The molecule has 3 amide bonds. The fourth-order valence-electron chi connectivity index (χ4n) is 6.12. The molecule has 46 heavy (non-hydrogen) atoms. The number of thiazole rings is 1. The van der Waals surface area contributed by atoms with Crippen LogP contribution in [0.15, 0.2) is 82.6 Å². The summed E-state index contributed by atoms with van der Waals surface area (Å²) in [5.41, 5.74) is 3.38. The topological polar surface area (TPSA) is 135 Å². The van der Waals surface area contributed by atoms with Gasteiger partial charge in [0, 0.05) is 47.4 Å². The number of fused-ring (bicyclic) bond motifs is 2. The highest BCUT2D eigenvalue weighted by Gasteiger charge is 2.56. The number of hydrogen-bond acceptors (Lipinski definition) is 9. The number of rotatable bonds is 9. The molecule has 0 aliphatic carbocycles. The molecule has 2 aliphatic heterocycles. The van der Waals surface area contributed by atoms with Gasteiger partial charge in [0.05, 0.1) is 21.6 Å². The molecule has 3 atom stereocenters. The van der Waals surface area contributed by atoms with Crippen molar-refractivity contribution in [1.82, 2.24) is 4.57 Å². The van der Waals surface area contributed by atoms with Crippen molar-refractivity contribution in [2.24, 2.45) is 5.92 Å². The molecule has 1 N–H and O–H groups in total. The fourth-order valence-corrected chi connectivity index (χ4v) is 8.89. The number of aromatic nitrogens is 1. The second-order valence-electron chi connectivity index (χ2n) is 11.1. The van der Waals surface area contributed by atoms with E-state index in [-0.39, 0.29) is 28.7 Å². The fraction of sp³-hybridized carbons (Fsp3) is 0.273. The van der Waals surface area contributed by atoms with Gasteiger partial charge in [0.15, 0.2) is 0 Å². The van der Waals surface area contributed by atoms with Gasteiger partial charge in [0.25, 0.3) is 5.69 Å². The van der Waals surface area contributed by atoms with Crippen LogP contribution in [-0.4, -0.2) is 45.6 Å². The SMILES string of the molecule is CCN(CC)c1ccc([C@H]2c3sc(=O)n(CC(=O)Nc4ccccc4C)c3SC3C(=O)N(c4ccc([N+](=O)[O-])cc4)C(=O)C32)cc1. The highest BCUT2D eigenvalue weighted by Crippen LogP contribution is 2.54. The van der Waals surface area contributed by atoms with Crippen molar-refractivity contribution in [3.05, 3.63) is 109 Å². The smallest absolute Gasteiger partial charge is 0.308 e. The highest BCUT2D eigenvalue weighted by atomic mass is 32.2. The number of carbonyl (C=O) groups is 3. The number of aryl methyl sites for hydroxylation is 1. The number of benzene rings is 3. The van der Waals surface area contributed by atoms with Crippen LogP contribution in [0.1, 0.15) is 35.8 Å². The van der Waals surface area contributed by atoms with Crippen LogP contribution in [0.3, 0.4) is 0 Å². The predicted molar refractivity (Wildman–Crippen MR) is 179 cm³/mol. The molecule has 4 aromatic rings. The van der Waals surface area contributed by atoms with Crippen molar-refractivity contribution in [2.45, 2.75) is 43.5 Å². The molecule has 2 aliphatic rings. The Morgan fingerprint density at radius 3 is 2.26 bits per heavy atom. The van der Waals surface area contributed by atoms with Crippen molar-refractivity contribution < 1.29 is 19.3 Å². The monoisotopic (exact) mass is 657 g/mol. The number of para-hydroxylation sites is 1. The van der Waals surface area contributed by atoms with Gasteiger partial charge in [0.1, 0.15) is 11.8 Å². The third kappa shape index (κ3) is 5.49. The Morgan fingerprint density at radius 2 is 1.63 bits per heavy atom. The lowest BCUT2D eigenvalue weighted by atomic mass is 9.83. The van der Waals surface area contributed by atoms with Crippen LogP contribution in [0.5, 0.6) is 0 Å². The molecule has 0 radical (unpaired) electrons. The number of nitrogens with one attached hydrogen (secondary N) is 1. The van der Waals surface area contributed by atoms with Gasteiger partial charge in [-0.15, -0.1) is 0 Å². The van der Waals surface area contributed by atoms with E-state index in [4.69, 9.17) is 0 Å².